The highest BCUT2D eigenvalue weighted by atomic mass is 35.5. The van der Waals surface area contributed by atoms with Crippen molar-refractivity contribution < 1.29 is 22.7 Å². The third-order valence-electron chi connectivity index (χ3n) is 3.00. The molecule has 0 bridgehead atoms. The predicted octanol–water partition coefficient (Wildman–Crippen LogP) is 2.58. The van der Waals surface area contributed by atoms with Gasteiger partial charge in [-0.2, -0.15) is 13.2 Å². The lowest BCUT2D eigenvalue weighted by Crippen LogP contribution is -2.44. The van der Waals surface area contributed by atoms with Crippen LogP contribution >= 0.6 is 36.4 Å². The van der Waals surface area contributed by atoms with Gasteiger partial charge in [-0.15, -0.1) is 24.8 Å². The Balaban J connectivity index is 0.00000242. The molecule has 0 spiro atoms. The summed E-state index contributed by atoms with van der Waals surface area (Å²) in [6.45, 7) is 0.191. The maximum absolute atomic E-state index is 12.4. The number of halogens is 6. The van der Waals surface area contributed by atoms with Gasteiger partial charge in [-0.05, 0) is 18.9 Å². The quantitative estimate of drug-likeness (QED) is 0.750. The number of hydrogen-bond donors (Lipinski definition) is 2. The van der Waals surface area contributed by atoms with Crippen LogP contribution in [0.1, 0.15) is 18.4 Å². The smallest absolute Gasteiger partial charge is 0.417 e. The van der Waals surface area contributed by atoms with Crippen molar-refractivity contribution in [2.45, 2.75) is 24.6 Å². The zero-order valence-electron chi connectivity index (χ0n) is 11.7. The third-order valence-corrected chi connectivity index (χ3v) is 3.27. The van der Waals surface area contributed by atoms with Gasteiger partial charge >= 0.3 is 6.18 Å². The lowest BCUT2D eigenvalue weighted by molar-refractivity contribution is -0.137. The van der Waals surface area contributed by atoms with Crippen molar-refractivity contribution in [2.24, 2.45) is 5.73 Å². The zero-order valence-corrected chi connectivity index (χ0v) is 14.0. The maximum atomic E-state index is 12.4. The number of hydrogen-bond acceptors (Lipinski definition) is 4. The van der Waals surface area contributed by atoms with Gasteiger partial charge in [-0.3, -0.25) is 4.79 Å². The molecule has 132 valence electrons. The molecule has 1 aromatic rings. The molecule has 0 aliphatic heterocycles. The van der Waals surface area contributed by atoms with E-state index in [1.165, 1.54) is 0 Å². The molecule has 1 aromatic heterocycles. The van der Waals surface area contributed by atoms with Gasteiger partial charge in [0.15, 0.2) is 0 Å². The van der Waals surface area contributed by atoms with E-state index in [-0.39, 0.29) is 54.8 Å². The van der Waals surface area contributed by atoms with Gasteiger partial charge in [0, 0.05) is 6.20 Å². The van der Waals surface area contributed by atoms with Crippen molar-refractivity contribution >= 4 is 42.3 Å². The number of carbonyl (C=O) groups is 1. The molecule has 3 N–H and O–H groups in total. The van der Waals surface area contributed by atoms with Crippen molar-refractivity contribution in [3.8, 4) is 5.88 Å². The molecule has 11 heteroatoms. The summed E-state index contributed by atoms with van der Waals surface area (Å²) < 4.78 is 42.4. The van der Waals surface area contributed by atoms with E-state index in [9.17, 15) is 18.0 Å². The van der Waals surface area contributed by atoms with Crippen molar-refractivity contribution in [1.82, 2.24) is 10.3 Å². The summed E-state index contributed by atoms with van der Waals surface area (Å²) in [5.74, 6) is -0.384. The van der Waals surface area contributed by atoms with E-state index in [1.54, 1.807) is 0 Å². The lowest BCUT2D eigenvalue weighted by Gasteiger charge is -2.12. The molecule has 0 unspecified atom stereocenters. The molecule has 1 amide bonds. The normalized spacial score (nSPS) is 15.0. The van der Waals surface area contributed by atoms with Gasteiger partial charge in [-0.1, -0.05) is 11.6 Å². The summed E-state index contributed by atoms with van der Waals surface area (Å²) in [7, 11) is 0. The summed E-state index contributed by atoms with van der Waals surface area (Å²) in [4.78, 5) is 15.0. The SMILES string of the molecule is Cl.Cl.NC1(C(=O)NCCOc2ncc(C(F)(F)F)cc2Cl)CC1. The van der Waals surface area contributed by atoms with Crippen LogP contribution in [0.25, 0.3) is 0 Å². The lowest BCUT2D eigenvalue weighted by atomic mass is 10.3. The number of nitrogens with zero attached hydrogens (tertiary/aromatic N) is 1. The molecule has 1 aliphatic carbocycles. The molecule has 1 saturated carbocycles. The predicted molar refractivity (Wildman–Crippen MR) is 83.4 cm³/mol. The van der Waals surface area contributed by atoms with E-state index >= 15 is 0 Å². The second kappa shape index (κ2) is 8.23. The molecule has 5 nitrogen and oxygen atoms in total. The van der Waals surface area contributed by atoms with Gasteiger partial charge in [0.1, 0.15) is 11.6 Å². The number of rotatable bonds is 5. The largest absolute Gasteiger partial charge is 0.475 e. The first kappa shape index (κ1) is 22.0. The summed E-state index contributed by atoms with van der Waals surface area (Å²) in [6, 6.07) is 0.738. The average Bonchev–Trinajstić information content (AvgIpc) is 3.14. The Bertz CT molecular complexity index is 554. The van der Waals surface area contributed by atoms with E-state index in [1.807, 2.05) is 0 Å². The van der Waals surface area contributed by atoms with Crippen LogP contribution in [0.5, 0.6) is 5.88 Å². The molecule has 1 fully saturated rings. The van der Waals surface area contributed by atoms with Crippen LogP contribution in [0.3, 0.4) is 0 Å². The molecule has 2 rings (SSSR count). The first-order valence-electron chi connectivity index (χ1n) is 6.15. The number of nitrogens with one attached hydrogen (secondary N) is 1. The average molecular weight is 397 g/mol. The van der Waals surface area contributed by atoms with E-state index in [4.69, 9.17) is 22.1 Å². The second-order valence-electron chi connectivity index (χ2n) is 4.77. The van der Waals surface area contributed by atoms with E-state index < -0.39 is 17.3 Å². The van der Waals surface area contributed by atoms with Crippen LogP contribution in [-0.2, 0) is 11.0 Å². The second-order valence-corrected chi connectivity index (χ2v) is 5.18. The highest BCUT2D eigenvalue weighted by Crippen LogP contribution is 2.33. The van der Waals surface area contributed by atoms with Crippen LogP contribution in [0.2, 0.25) is 5.02 Å². The molecule has 1 heterocycles. The van der Waals surface area contributed by atoms with Gasteiger partial charge in [0.25, 0.3) is 0 Å². The Morgan fingerprint density at radius 1 is 1.43 bits per heavy atom. The number of aromatic nitrogens is 1. The highest BCUT2D eigenvalue weighted by Gasteiger charge is 2.45. The summed E-state index contributed by atoms with van der Waals surface area (Å²) in [6.07, 6.45) is -2.58. The molecule has 23 heavy (non-hydrogen) atoms. The van der Waals surface area contributed by atoms with Crippen LogP contribution < -0.4 is 15.8 Å². The fraction of sp³-hybridized carbons (Fsp3) is 0.500. The number of carbonyl (C=O) groups excluding carboxylic acids is 1. The Morgan fingerprint density at radius 2 is 2.04 bits per heavy atom. The Hall–Kier alpha value is -0.960. The first-order valence-corrected chi connectivity index (χ1v) is 6.53. The molecule has 0 atom stereocenters. The van der Waals surface area contributed by atoms with Crippen molar-refractivity contribution in [3.05, 3.63) is 22.8 Å². The minimum Gasteiger partial charge on any atom is -0.475 e. The standard InChI is InChI=1S/C12H13ClF3N3O2.2ClH/c13-8-5-7(12(14,15)16)6-19-9(8)21-4-3-18-10(20)11(17)1-2-11;;/h5-6H,1-4,17H2,(H,18,20);2*1H. The number of alkyl halides is 3. The van der Waals surface area contributed by atoms with Crippen molar-refractivity contribution in [1.29, 1.82) is 0 Å². The molecular formula is C12H15Cl3F3N3O2. The van der Waals surface area contributed by atoms with Crippen molar-refractivity contribution in [2.75, 3.05) is 13.2 Å². The Kier molecular flexibility index (Phi) is 7.89. The fourth-order valence-electron chi connectivity index (χ4n) is 1.54. The molecular weight excluding hydrogens is 382 g/mol. The minimum atomic E-state index is -4.51. The first-order chi connectivity index (χ1) is 9.72. The van der Waals surface area contributed by atoms with Gasteiger partial charge in [0.05, 0.1) is 17.6 Å². The van der Waals surface area contributed by atoms with Crippen LogP contribution in [0.4, 0.5) is 13.2 Å². The van der Waals surface area contributed by atoms with E-state index in [2.05, 4.69) is 10.3 Å². The topological polar surface area (TPSA) is 77.2 Å². The Morgan fingerprint density at radius 3 is 2.52 bits per heavy atom. The monoisotopic (exact) mass is 395 g/mol. The van der Waals surface area contributed by atoms with E-state index in [0.717, 1.165) is 6.07 Å². The number of ether oxygens (including phenoxy) is 1. The zero-order chi connectivity index (χ0) is 15.7. The number of amides is 1. The summed E-state index contributed by atoms with van der Waals surface area (Å²) in [5.41, 5.74) is 3.95. The van der Waals surface area contributed by atoms with Crippen LogP contribution in [0, 0.1) is 0 Å². The van der Waals surface area contributed by atoms with Gasteiger partial charge in [-0.25, -0.2) is 4.98 Å². The third kappa shape index (κ3) is 5.87. The molecule has 0 saturated heterocycles. The van der Waals surface area contributed by atoms with Crippen LogP contribution in [0.15, 0.2) is 12.3 Å². The summed E-state index contributed by atoms with van der Waals surface area (Å²) >= 11 is 5.66. The number of pyridine rings is 1. The maximum Gasteiger partial charge on any atom is 0.417 e. The highest BCUT2D eigenvalue weighted by molar-refractivity contribution is 6.31. The minimum absolute atomic E-state index is 0. The van der Waals surface area contributed by atoms with Gasteiger partial charge in [0.2, 0.25) is 11.8 Å². The van der Waals surface area contributed by atoms with E-state index in [0.29, 0.717) is 19.0 Å². The van der Waals surface area contributed by atoms with Crippen molar-refractivity contribution in [3.63, 3.8) is 0 Å². The van der Waals surface area contributed by atoms with Gasteiger partial charge < -0.3 is 15.8 Å². The summed E-state index contributed by atoms with van der Waals surface area (Å²) in [5, 5.41) is 2.33. The Labute approximate surface area is 147 Å². The molecule has 0 radical (unpaired) electrons. The molecule has 0 aromatic carbocycles. The fourth-order valence-corrected chi connectivity index (χ4v) is 1.76. The molecule has 1 aliphatic rings. The number of nitrogens with two attached hydrogens (primary N) is 1. The van der Waals surface area contributed by atoms with Crippen LogP contribution in [-0.4, -0.2) is 29.6 Å².